The number of epoxide rings is 1. The number of alkyl halides is 1. The SMILES string of the molecule is Cc1nc2cc([C@@H]3CC4OC4(Cl)COC[C@H](C)[C@H](O)[C@@H](C)C(=O)C(C)(C)[C@@H](O)CC(=O)O3)ccc2s1. The van der Waals surface area contributed by atoms with Gasteiger partial charge in [0.2, 0.25) is 0 Å². The van der Waals surface area contributed by atoms with Gasteiger partial charge in [0.25, 0.3) is 0 Å². The standard InChI is InChI=1S/C26H34ClNO7S/c1-13-11-33-12-26(27)21(35-26)9-18(16-6-7-19-17(8-16)28-15(3)36-19)34-22(30)10-20(29)25(4,5)24(32)14(2)23(13)31/h6-8,13-14,18,20-21,23,29,31H,9-12H2,1-5H3/t13-,14+,18-,20-,21?,23-,26?/m0/s1. The zero-order valence-corrected chi connectivity index (χ0v) is 22.8. The number of halogens is 1. The van der Waals surface area contributed by atoms with Crippen LogP contribution in [0, 0.1) is 24.2 Å². The van der Waals surface area contributed by atoms with Gasteiger partial charge in [-0.3, -0.25) is 9.59 Å². The highest BCUT2D eigenvalue weighted by Crippen LogP contribution is 2.47. The summed E-state index contributed by atoms with van der Waals surface area (Å²) in [6, 6.07) is 5.72. The molecular weight excluding hydrogens is 506 g/mol. The third-order valence-electron chi connectivity index (χ3n) is 7.37. The van der Waals surface area contributed by atoms with Crippen molar-refractivity contribution in [3.8, 4) is 0 Å². The molecule has 4 rings (SSSR count). The first kappa shape index (κ1) is 27.4. The summed E-state index contributed by atoms with van der Waals surface area (Å²) in [5.41, 5.74) is 0.283. The van der Waals surface area contributed by atoms with E-state index in [1.54, 1.807) is 39.0 Å². The molecule has 0 saturated carbocycles. The van der Waals surface area contributed by atoms with Gasteiger partial charge in [-0.15, -0.1) is 11.3 Å². The van der Waals surface area contributed by atoms with E-state index in [0.29, 0.717) is 6.42 Å². The lowest BCUT2D eigenvalue weighted by Gasteiger charge is -2.34. The van der Waals surface area contributed by atoms with Crippen molar-refractivity contribution in [1.82, 2.24) is 4.98 Å². The number of nitrogens with zero attached hydrogens (tertiary/aromatic N) is 1. The van der Waals surface area contributed by atoms with Gasteiger partial charge in [-0.25, -0.2) is 4.98 Å². The van der Waals surface area contributed by atoms with Crippen LogP contribution in [0.4, 0.5) is 0 Å². The largest absolute Gasteiger partial charge is 0.457 e. The zero-order chi connectivity index (χ0) is 26.4. The molecule has 0 radical (unpaired) electrons. The monoisotopic (exact) mass is 539 g/mol. The Morgan fingerprint density at radius 3 is 2.64 bits per heavy atom. The lowest BCUT2D eigenvalue weighted by atomic mass is 9.73. The number of benzene rings is 1. The highest BCUT2D eigenvalue weighted by molar-refractivity contribution is 7.18. The summed E-state index contributed by atoms with van der Waals surface area (Å²) in [6.07, 6.45) is -3.46. The number of fused-ring (bicyclic) bond motifs is 2. The topological polar surface area (TPSA) is 118 Å². The van der Waals surface area contributed by atoms with E-state index >= 15 is 0 Å². The fourth-order valence-electron chi connectivity index (χ4n) is 4.76. The Kier molecular flexibility index (Phi) is 7.82. The summed E-state index contributed by atoms with van der Waals surface area (Å²) in [5.74, 6) is -2.11. The van der Waals surface area contributed by atoms with Crippen molar-refractivity contribution in [2.24, 2.45) is 17.3 Å². The number of thiazole rings is 1. The second-order valence-corrected chi connectivity index (χ2v) is 12.5. The molecule has 2 aromatic rings. The number of Topliss-reactive ketones (excluding diaryl/α,β-unsaturated/α-hetero) is 1. The van der Waals surface area contributed by atoms with Crippen LogP contribution in [0.15, 0.2) is 18.2 Å². The molecule has 3 heterocycles. The summed E-state index contributed by atoms with van der Waals surface area (Å²) in [6.45, 7) is 8.78. The van der Waals surface area contributed by atoms with Gasteiger partial charge in [-0.05, 0) is 24.6 Å². The second-order valence-electron chi connectivity index (χ2n) is 10.6. The van der Waals surface area contributed by atoms with Crippen molar-refractivity contribution in [2.75, 3.05) is 13.2 Å². The maximum atomic E-state index is 13.2. The number of aliphatic hydroxyl groups is 2. The van der Waals surface area contributed by atoms with E-state index in [2.05, 4.69) is 4.98 Å². The van der Waals surface area contributed by atoms with Crippen molar-refractivity contribution in [2.45, 2.75) is 76.9 Å². The van der Waals surface area contributed by atoms with Gasteiger partial charge in [-0.2, -0.15) is 0 Å². The molecule has 10 heteroatoms. The van der Waals surface area contributed by atoms with E-state index < -0.39 is 46.8 Å². The van der Waals surface area contributed by atoms with E-state index in [9.17, 15) is 19.8 Å². The van der Waals surface area contributed by atoms with E-state index in [4.69, 9.17) is 25.8 Å². The molecule has 7 atom stereocenters. The number of carbonyl (C=O) groups excluding carboxylic acids is 2. The van der Waals surface area contributed by atoms with Gasteiger partial charge in [0, 0.05) is 18.3 Å². The minimum absolute atomic E-state index is 0.0911. The Balaban J connectivity index is 1.61. The quantitative estimate of drug-likeness (QED) is 0.318. The van der Waals surface area contributed by atoms with Crippen molar-refractivity contribution in [1.29, 1.82) is 0 Å². The molecule has 1 aromatic heterocycles. The third kappa shape index (κ3) is 5.61. The smallest absolute Gasteiger partial charge is 0.309 e. The number of hydrogen-bond acceptors (Lipinski definition) is 9. The number of aryl methyl sites for hydroxylation is 1. The highest BCUT2D eigenvalue weighted by atomic mass is 35.5. The number of aliphatic hydroxyl groups excluding tert-OH is 2. The summed E-state index contributed by atoms with van der Waals surface area (Å²) in [4.78, 5) is 30.7. The number of cyclic esters (lactones) is 1. The average molecular weight is 540 g/mol. The molecule has 1 aromatic carbocycles. The van der Waals surface area contributed by atoms with Gasteiger partial charge >= 0.3 is 5.97 Å². The molecular formula is C26H34ClNO7S. The van der Waals surface area contributed by atoms with Crippen LogP contribution in [0.5, 0.6) is 0 Å². The predicted octanol–water partition coefficient (Wildman–Crippen LogP) is 3.92. The van der Waals surface area contributed by atoms with Crippen LogP contribution in [0.2, 0.25) is 0 Å². The van der Waals surface area contributed by atoms with Crippen LogP contribution in [-0.2, 0) is 23.8 Å². The number of ether oxygens (including phenoxy) is 3. The summed E-state index contributed by atoms with van der Waals surface area (Å²) in [5, 5.41) is 21.5. The van der Waals surface area contributed by atoms with Crippen LogP contribution in [-0.4, -0.2) is 63.5 Å². The van der Waals surface area contributed by atoms with Gasteiger partial charge in [0.1, 0.15) is 18.0 Å². The molecule has 0 spiro atoms. The van der Waals surface area contributed by atoms with Crippen LogP contribution >= 0.6 is 22.9 Å². The third-order valence-corrected chi connectivity index (χ3v) is 8.76. The Morgan fingerprint density at radius 2 is 1.92 bits per heavy atom. The average Bonchev–Trinajstić information content (AvgIpc) is 3.28. The summed E-state index contributed by atoms with van der Waals surface area (Å²) in [7, 11) is 0. The van der Waals surface area contributed by atoms with E-state index in [0.717, 1.165) is 20.8 Å². The molecule has 0 aliphatic carbocycles. The number of hydrogen-bond donors (Lipinski definition) is 2. The Labute approximate surface area is 219 Å². The van der Waals surface area contributed by atoms with E-state index in [1.165, 1.54) is 0 Å². The molecule has 0 bridgehead atoms. The highest BCUT2D eigenvalue weighted by Gasteiger charge is 2.57. The number of ketones is 1. The maximum Gasteiger partial charge on any atom is 0.309 e. The first-order valence-electron chi connectivity index (χ1n) is 12.2. The van der Waals surface area contributed by atoms with Gasteiger partial charge in [0.15, 0.2) is 5.06 Å². The first-order valence-corrected chi connectivity index (χ1v) is 13.4. The van der Waals surface area contributed by atoms with Crippen LogP contribution in [0.1, 0.15) is 57.2 Å². The van der Waals surface area contributed by atoms with E-state index in [-0.39, 0.29) is 31.3 Å². The molecule has 2 aliphatic rings. The fourth-order valence-corrected chi connectivity index (χ4v) is 5.84. The molecule has 8 nitrogen and oxygen atoms in total. The molecule has 0 amide bonds. The minimum Gasteiger partial charge on any atom is -0.457 e. The molecule has 2 fully saturated rings. The minimum atomic E-state index is -1.29. The Morgan fingerprint density at radius 1 is 1.19 bits per heavy atom. The first-order chi connectivity index (χ1) is 16.8. The van der Waals surface area contributed by atoms with Crippen molar-refractivity contribution in [3.63, 3.8) is 0 Å². The van der Waals surface area contributed by atoms with Crippen LogP contribution in [0.3, 0.4) is 0 Å². The molecule has 2 aliphatic heterocycles. The normalized spacial score (nSPS) is 36.3. The van der Waals surface area contributed by atoms with Crippen molar-refractivity contribution >= 4 is 44.9 Å². The number of rotatable bonds is 1. The summed E-state index contributed by atoms with van der Waals surface area (Å²) < 4.78 is 18.4. The lowest BCUT2D eigenvalue weighted by Crippen LogP contribution is -2.46. The number of aromatic nitrogens is 1. The van der Waals surface area contributed by atoms with Gasteiger partial charge in [-0.1, -0.05) is 45.4 Å². The summed E-state index contributed by atoms with van der Waals surface area (Å²) >= 11 is 8.18. The van der Waals surface area contributed by atoms with E-state index in [1.807, 2.05) is 25.1 Å². The van der Waals surface area contributed by atoms with Crippen LogP contribution in [0.25, 0.3) is 10.2 Å². The van der Waals surface area contributed by atoms with Crippen LogP contribution < -0.4 is 0 Å². The lowest BCUT2D eigenvalue weighted by molar-refractivity contribution is -0.156. The van der Waals surface area contributed by atoms with Gasteiger partial charge < -0.3 is 24.4 Å². The Hall–Kier alpha value is -1.62. The molecule has 2 saturated heterocycles. The fraction of sp³-hybridized carbons (Fsp3) is 0.654. The molecule has 2 unspecified atom stereocenters. The maximum absolute atomic E-state index is 13.2. The molecule has 36 heavy (non-hydrogen) atoms. The van der Waals surface area contributed by atoms with Gasteiger partial charge in [0.05, 0.1) is 52.5 Å². The number of carbonyl (C=O) groups is 2. The molecule has 198 valence electrons. The van der Waals surface area contributed by atoms with Crippen molar-refractivity contribution < 1.29 is 34.0 Å². The second kappa shape index (κ2) is 10.3. The predicted molar refractivity (Wildman–Crippen MR) is 136 cm³/mol. The number of esters is 1. The zero-order valence-electron chi connectivity index (χ0n) is 21.2. The Bertz CT molecular complexity index is 1140. The van der Waals surface area contributed by atoms with Crippen molar-refractivity contribution in [3.05, 3.63) is 28.8 Å². The molecule has 2 N–H and O–H groups in total.